The number of hydrogen-bond acceptors (Lipinski definition) is 7. The lowest BCUT2D eigenvalue weighted by atomic mass is 10.1. The zero-order valence-corrected chi connectivity index (χ0v) is 19.7. The number of rotatable bonds is 6. The first kappa shape index (κ1) is 22.4. The van der Waals surface area contributed by atoms with Gasteiger partial charge in [0.05, 0.1) is 17.0 Å². The molecule has 1 amide bonds. The minimum absolute atomic E-state index is 0.193. The molecule has 0 saturated heterocycles. The van der Waals surface area contributed by atoms with Crippen LogP contribution < -0.4 is 16.4 Å². The van der Waals surface area contributed by atoms with Crippen LogP contribution in [0.1, 0.15) is 16.1 Å². The summed E-state index contributed by atoms with van der Waals surface area (Å²) >= 11 is 0. The first-order chi connectivity index (χ1) is 18.2. The van der Waals surface area contributed by atoms with Crippen molar-refractivity contribution in [3.05, 3.63) is 109 Å². The van der Waals surface area contributed by atoms with Crippen LogP contribution in [0.4, 0.5) is 17.2 Å². The average molecular weight is 487 g/mol. The Hall–Kier alpha value is -5.08. The van der Waals surface area contributed by atoms with Crippen molar-refractivity contribution in [2.45, 2.75) is 6.54 Å². The quantitative estimate of drug-likeness (QED) is 0.268. The molecule has 8 heteroatoms. The monoisotopic (exact) mass is 486 g/mol. The van der Waals surface area contributed by atoms with Crippen molar-refractivity contribution < 1.29 is 9.21 Å². The van der Waals surface area contributed by atoms with Crippen molar-refractivity contribution in [2.24, 2.45) is 5.73 Å². The summed E-state index contributed by atoms with van der Waals surface area (Å²) in [6.45, 7) is 0.193. The van der Waals surface area contributed by atoms with Gasteiger partial charge in [-0.05, 0) is 48.5 Å². The largest absolute Gasteiger partial charge is 0.455 e. The van der Waals surface area contributed by atoms with Gasteiger partial charge in [-0.15, -0.1) is 0 Å². The van der Waals surface area contributed by atoms with Crippen molar-refractivity contribution in [3.63, 3.8) is 0 Å². The highest BCUT2D eigenvalue weighted by atomic mass is 16.3. The number of amides is 1. The molecule has 8 nitrogen and oxygen atoms in total. The van der Waals surface area contributed by atoms with Crippen LogP contribution in [0, 0.1) is 0 Å². The van der Waals surface area contributed by atoms with Gasteiger partial charge in [-0.2, -0.15) is 0 Å². The molecule has 0 spiro atoms. The molecule has 3 aromatic heterocycles. The molecule has 0 aliphatic carbocycles. The van der Waals surface area contributed by atoms with Gasteiger partial charge < -0.3 is 20.8 Å². The molecule has 0 atom stereocenters. The second kappa shape index (κ2) is 9.52. The maximum Gasteiger partial charge on any atom is 0.257 e. The molecular formula is C29H22N6O2. The lowest BCUT2D eigenvalue weighted by Crippen LogP contribution is -2.16. The Kier molecular flexibility index (Phi) is 5.76. The molecule has 0 fully saturated rings. The van der Waals surface area contributed by atoms with Gasteiger partial charge in [0.15, 0.2) is 0 Å². The van der Waals surface area contributed by atoms with Crippen molar-refractivity contribution in [3.8, 4) is 11.3 Å². The van der Waals surface area contributed by atoms with E-state index < -0.39 is 0 Å². The van der Waals surface area contributed by atoms with Crippen LogP contribution in [-0.2, 0) is 6.54 Å². The van der Waals surface area contributed by atoms with Gasteiger partial charge in [0.25, 0.3) is 5.91 Å². The number of para-hydroxylation sites is 2. The molecule has 0 bridgehead atoms. The topological polar surface area (TPSA) is 119 Å². The van der Waals surface area contributed by atoms with Gasteiger partial charge in [0.1, 0.15) is 23.3 Å². The molecule has 0 radical (unpaired) electrons. The van der Waals surface area contributed by atoms with Crippen molar-refractivity contribution in [1.82, 2.24) is 15.0 Å². The number of anilines is 3. The standard InChI is InChI=1S/C29H22N6O2/c30-16-25-23(8-4-14-31-25)29(36)35-19-12-10-18(11-13-19)34-27-15-24(32-17-33-27)22-7-3-6-21-20-5-1-2-9-26(20)37-28(21)22/h1-15,17H,16,30H2,(H,35,36)(H,32,33,34). The number of hydrogen-bond donors (Lipinski definition) is 3. The molecule has 6 aromatic rings. The summed E-state index contributed by atoms with van der Waals surface area (Å²) in [6.07, 6.45) is 3.14. The lowest BCUT2D eigenvalue weighted by molar-refractivity contribution is 0.102. The minimum Gasteiger partial charge on any atom is -0.455 e. The van der Waals surface area contributed by atoms with Crippen LogP contribution in [0.5, 0.6) is 0 Å². The van der Waals surface area contributed by atoms with E-state index in [2.05, 4.69) is 37.7 Å². The fourth-order valence-corrected chi connectivity index (χ4v) is 4.31. The number of nitrogens with zero attached hydrogens (tertiary/aromatic N) is 3. The van der Waals surface area contributed by atoms with Crippen LogP contribution in [0.25, 0.3) is 33.2 Å². The predicted molar refractivity (Wildman–Crippen MR) is 145 cm³/mol. The molecule has 0 aliphatic rings. The first-order valence-electron chi connectivity index (χ1n) is 11.7. The molecular weight excluding hydrogens is 464 g/mol. The van der Waals surface area contributed by atoms with Gasteiger partial charge in [-0.3, -0.25) is 9.78 Å². The summed E-state index contributed by atoms with van der Waals surface area (Å²) in [5, 5.41) is 8.30. The normalized spacial score (nSPS) is 11.1. The number of fused-ring (bicyclic) bond motifs is 3. The van der Waals surface area contributed by atoms with Crippen molar-refractivity contribution in [1.29, 1.82) is 0 Å². The molecule has 0 unspecified atom stereocenters. The van der Waals surface area contributed by atoms with E-state index >= 15 is 0 Å². The van der Waals surface area contributed by atoms with Crippen LogP contribution in [0.2, 0.25) is 0 Å². The van der Waals surface area contributed by atoms with Gasteiger partial charge in [-0.1, -0.05) is 30.3 Å². The number of carbonyl (C=O) groups excluding carboxylic acids is 1. The fraction of sp³-hybridized carbons (Fsp3) is 0.0345. The molecule has 3 heterocycles. The summed E-state index contributed by atoms with van der Waals surface area (Å²) < 4.78 is 6.16. The zero-order chi connectivity index (χ0) is 25.2. The summed E-state index contributed by atoms with van der Waals surface area (Å²) in [5.41, 5.74) is 11.5. The number of furan rings is 1. The highest BCUT2D eigenvalue weighted by molar-refractivity contribution is 6.09. The smallest absolute Gasteiger partial charge is 0.257 e. The minimum atomic E-state index is -0.255. The third-order valence-electron chi connectivity index (χ3n) is 6.09. The van der Waals surface area contributed by atoms with E-state index in [9.17, 15) is 4.79 Å². The second-order valence-electron chi connectivity index (χ2n) is 8.43. The SMILES string of the molecule is NCc1ncccc1C(=O)Nc1ccc(Nc2cc(-c3cccc4c3oc3ccccc34)ncn2)cc1. The zero-order valence-electron chi connectivity index (χ0n) is 19.7. The molecule has 37 heavy (non-hydrogen) atoms. The van der Waals surface area contributed by atoms with Gasteiger partial charge in [0, 0.05) is 46.5 Å². The summed E-state index contributed by atoms with van der Waals surface area (Å²) in [6, 6.07) is 26.7. The maximum absolute atomic E-state index is 12.6. The fourth-order valence-electron chi connectivity index (χ4n) is 4.31. The molecule has 4 N–H and O–H groups in total. The van der Waals surface area contributed by atoms with Crippen molar-refractivity contribution in [2.75, 3.05) is 10.6 Å². The number of carbonyl (C=O) groups is 1. The van der Waals surface area contributed by atoms with Crippen LogP contribution in [-0.4, -0.2) is 20.9 Å². The highest BCUT2D eigenvalue weighted by Gasteiger charge is 2.14. The van der Waals surface area contributed by atoms with E-state index in [0.29, 0.717) is 22.8 Å². The first-order valence-corrected chi connectivity index (χ1v) is 11.7. The third-order valence-corrected chi connectivity index (χ3v) is 6.09. The number of pyridine rings is 1. The summed E-state index contributed by atoms with van der Waals surface area (Å²) in [5.74, 6) is 0.382. The van der Waals surface area contributed by atoms with Gasteiger partial charge in [0.2, 0.25) is 0 Å². The Morgan fingerprint density at radius 1 is 0.838 bits per heavy atom. The van der Waals surface area contributed by atoms with Gasteiger partial charge >= 0.3 is 0 Å². The Morgan fingerprint density at radius 3 is 2.51 bits per heavy atom. The molecule has 3 aromatic carbocycles. The van der Waals surface area contributed by atoms with E-state index in [1.54, 1.807) is 18.3 Å². The van der Waals surface area contributed by atoms with Gasteiger partial charge in [-0.25, -0.2) is 9.97 Å². The summed E-state index contributed by atoms with van der Waals surface area (Å²) in [7, 11) is 0. The van der Waals surface area contributed by atoms with Crippen LogP contribution in [0.15, 0.2) is 102 Å². The van der Waals surface area contributed by atoms with Crippen molar-refractivity contribution >= 4 is 45.0 Å². The molecule has 0 aliphatic heterocycles. The van der Waals surface area contributed by atoms with E-state index in [1.165, 1.54) is 6.33 Å². The lowest BCUT2D eigenvalue weighted by Gasteiger charge is -2.10. The molecule has 0 saturated carbocycles. The predicted octanol–water partition coefficient (Wildman–Crippen LogP) is 5.89. The Balaban J connectivity index is 1.22. The maximum atomic E-state index is 12.6. The Bertz CT molecular complexity index is 1740. The van der Waals surface area contributed by atoms with E-state index in [1.807, 2.05) is 60.7 Å². The van der Waals surface area contributed by atoms with Crippen LogP contribution >= 0.6 is 0 Å². The summed E-state index contributed by atoms with van der Waals surface area (Å²) in [4.78, 5) is 25.7. The van der Waals surface area contributed by atoms with E-state index in [4.69, 9.17) is 10.2 Å². The molecule has 180 valence electrons. The van der Waals surface area contributed by atoms with Crippen LogP contribution in [0.3, 0.4) is 0 Å². The van der Waals surface area contributed by atoms with E-state index in [-0.39, 0.29) is 12.5 Å². The average Bonchev–Trinajstić information content (AvgIpc) is 3.33. The number of nitrogens with two attached hydrogens (primary N) is 1. The Morgan fingerprint density at radius 2 is 1.65 bits per heavy atom. The van der Waals surface area contributed by atoms with E-state index in [0.717, 1.165) is 38.9 Å². The highest BCUT2D eigenvalue weighted by Crippen LogP contribution is 2.35. The second-order valence-corrected chi connectivity index (χ2v) is 8.43. The number of nitrogens with one attached hydrogen (secondary N) is 2. The molecule has 6 rings (SSSR count). The third kappa shape index (κ3) is 4.37. The Labute approximate surface area is 212 Å². The number of aromatic nitrogens is 3. The number of benzene rings is 3.